The van der Waals surface area contributed by atoms with Gasteiger partial charge >= 0.3 is 78.8 Å². The maximum absolute atomic E-state index is 12.2. The molecule has 1 N–H and O–H groups in total. The summed E-state index contributed by atoms with van der Waals surface area (Å²) >= 11 is -1.52. The molecule has 0 aliphatic carbocycles. The maximum Gasteiger partial charge on any atom is 0.544 e. The third-order valence-corrected chi connectivity index (χ3v) is 9.01. The summed E-state index contributed by atoms with van der Waals surface area (Å²) in [7, 11) is 2.91. The van der Waals surface area contributed by atoms with Crippen LogP contribution >= 0.6 is 20.2 Å². The molecule has 0 unspecified atom stereocenters. The largest absolute Gasteiger partial charge is 0.544 e. The summed E-state index contributed by atoms with van der Waals surface area (Å²) < 4.78 is 52.8. The van der Waals surface area contributed by atoms with Crippen LogP contribution in [0.1, 0.15) is 35.3 Å². The van der Waals surface area contributed by atoms with E-state index in [-0.39, 0.29) is 16.7 Å². The molecule has 10 nitrogen and oxygen atoms in total. The van der Waals surface area contributed by atoms with Crippen molar-refractivity contribution in [1.82, 2.24) is 0 Å². The molecule has 0 saturated heterocycles. The molecule has 0 aromatic heterocycles. The van der Waals surface area contributed by atoms with E-state index in [1.807, 2.05) is 42.2 Å². The van der Waals surface area contributed by atoms with Crippen molar-refractivity contribution in [2.24, 2.45) is 0 Å². The fraction of sp³-hybridized carbons (Fsp3) is 0.276. The predicted octanol–water partition coefficient (Wildman–Crippen LogP) is 6.63. The van der Waals surface area contributed by atoms with E-state index in [0.717, 1.165) is 21.6 Å². The van der Waals surface area contributed by atoms with Crippen molar-refractivity contribution in [3.05, 3.63) is 80.9 Å². The van der Waals surface area contributed by atoms with Crippen LogP contribution in [0, 0.1) is 17.4 Å². The van der Waals surface area contributed by atoms with Gasteiger partial charge in [-0.25, -0.2) is 0 Å². The quantitative estimate of drug-likeness (QED) is 0.135. The molecule has 0 saturated carbocycles. The summed E-state index contributed by atoms with van der Waals surface area (Å²) in [6.45, 7) is 5.79. The Balaban J connectivity index is 0.000000231. The minimum Gasteiger partial charge on any atom is -0.497 e. The first kappa shape index (κ1) is 35.3. The SMILES string of the molecule is CI1OC(=O)c2ccccc21.COc1cc(C)cc(N(O)C(C)=O)c1.COc1cc(C)cc(N(OC(F)(F)F)C(C)=O)c1. The van der Waals surface area contributed by atoms with Crippen LogP contribution < -0.4 is 19.6 Å². The number of carbonyl (C=O) groups is 3. The Morgan fingerprint density at radius 1 is 0.860 bits per heavy atom. The third-order valence-electron chi connectivity index (χ3n) is 5.37. The van der Waals surface area contributed by atoms with E-state index in [0.29, 0.717) is 27.8 Å². The molecule has 43 heavy (non-hydrogen) atoms. The summed E-state index contributed by atoms with van der Waals surface area (Å²) in [5.74, 6) is -0.506. The van der Waals surface area contributed by atoms with Crippen molar-refractivity contribution >= 4 is 49.4 Å². The number of anilines is 2. The van der Waals surface area contributed by atoms with Gasteiger partial charge < -0.3 is 9.47 Å². The Kier molecular flexibility index (Phi) is 12.8. The summed E-state index contributed by atoms with van der Waals surface area (Å²) in [5.41, 5.74) is 2.70. The number of amides is 2. The van der Waals surface area contributed by atoms with Gasteiger partial charge in [0.25, 0.3) is 0 Å². The van der Waals surface area contributed by atoms with Gasteiger partial charge in [-0.2, -0.15) is 15.0 Å². The number of hydrogen-bond donors (Lipinski definition) is 1. The number of carbonyl (C=O) groups excluding carboxylic acids is 3. The van der Waals surface area contributed by atoms with E-state index < -0.39 is 38.4 Å². The van der Waals surface area contributed by atoms with Gasteiger partial charge in [-0.05, 0) is 49.2 Å². The molecule has 234 valence electrons. The van der Waals surface area contributed by atoms with E-state index in [1.54, 1.807) is 25.1 Å². The summed E-state index contributed by atoms with van der Waals surface area (Å²) in [6, 6.07) is 17.0. The minimum absolute atomic E-state index is 0.0447. The Morgan fingerprint density at radius 2 is 1.37 bits per heavy atom. The molecule has 4 rings (SSSR count). The summed E-state index contributed by atoms with van der Waals surface area (Å²) in [4.78, 5) is 38.9. The van der Waals surface area contributed by atoms with Gasteiger partial charge in [0.1, 0.15) is 11.5 Å². The van der Waals surface area contributed by atoms with E-state index >= 15 is 0 Å². The van der Waals surface area contributed by atoms with Crippen molar-refractivity contribution in [3.8, 4) is 11.5 Å². The van der Waals surface area contributed by atoms with Crippen LogP contribution in [0.4, 0.5) is 24.5 Å². The molecule has 0 bridgehead atoms. The van der Waals surface area contributed by atoms with Gasteiger partial charge in [0.05, 0.1) is 25.6 Å². The maximum atomic E-state index is 12.2. The summed E-state index contributed by atoms with van der Waals surface area (Å²) in [6.07, 6.45) is -4.94. The molecular formula is C29H32F3IN2O8. The molecule has 14 heteroatoms. The average molecular weight is 720 g/mol. The summed E-state index contributed by atoms with van der Waals surface area (Å²) in [5, 5.41) is 10.1. The fourth-order valence-electron chi connectivity index (χ4n) is 3.56. The first-order valence-corrected chi connectivity index (χ1v) is 16.5. The zero-order valence-corrected chi connectivity index (χ0v) is 26.6. The number of rotatable bonds is 5. The number of hydrogen-bond acceptors (Lipinski definition) is 8. The van der Waals surface area contributed by atoms with E-state index in [4.69, 9.17) is 12.5 Å². The number of fused-ring (bicyclic) bond motifs is 1. The zero-order valence-electron chi connectivity index (χ0n) is 24.5. The number of hydroxylamine groups is 2. The third kappa shape index (κ3) is 10.7. The van der Waals surface area contributed by atoms with Crippen molar-refractivity contribution in [2.75, 3.05) is 29.3 Å². The van der Waals surface area contributed by atoms with Crippen LogP contribution in [-0.2, 0) is 17.5 Å². The standard InChI is InChI=1S/C11H12F3NO3.C10H13NO3.C8H7IO2/c1-7-4-9(6-10(5-7)17-3)15(8(2)16)18-11(12,13)14;1-7-4-9(11(13)8(2)12)6-10(5-7)14-3;1-9-7-5-3-2-4-6(7)8(10)11-9/h4-6H,1-3H3;4-6,13H,1-3H3;2-5H,1H3. The van der Waals surface area contributed by atoms with Crippen LogP contribution in [0.3, 0.4) is 0 Å². The molecular weight excluding hydrogens is 688 g/mol. The molecule has 3 aromatic carbocycles. The van der Waals surface area contributed by atoms with Crippen molar-refractivity contribution in [3.63, 3.8) is 0 Å². The van der Waals surface area contributed by atoms with Crippen LogP contribution in [0.15, 0.2) is 60.7 Å². The number of aryl methyl sites for hydroxylation is 2. The number of halogens is 4. The number of methoxy groups -OCH3 is 2. The van der Waals surface area contributed by atoms with Crippen LogP contribution in [-0.4, -0.2) is 48.5 Å². The van der Waals surface area contributed by atoms with Crippen LogP contribution in [0.25, 0.3) is 0 Å². The van der Waals surface area contributed by atoms with Gasteiger partial charge in [0.2, 0.25) is 11.8 Å². The molecule has 1 aliphatic rings. The molecule has 0 spiro atoms. The molecule has 1 heterocycles. The number of nitrogens with zero attached hydrogens (tertiary/aromatic N) is 2. The van der Waals surface area contributed by atoms with Gasteiger partial charge in [0, 0.05) is 26.0 Å². The van der Waals surface area contributed by atoms with E-state index in [2.05, 4.69) is 4.84 Å². The number of alkyl halides is 4. The number of ether oxygens (including phenoxy) is 2. The Hall–Kier alpha value is -3.89. The van der Waals surface area contributed by atoms with Gasteiger partial charge in [-0.1, -0.05) is 0 Å². The Bertz CT molecular complexity index is 1450. The Labute approximate surface area is 254 Å². The second kappa shape index (κ2) is 15.5. The van der Waals surface area contributed by atoms with Crippen LogP contribution in [0.2, 0.25) is 0 Å². The van der Waals surface area contributed by atoms with E-state index in [1.165, 1.54) is 33.3 Å². The predicted molar refractivity (Wildman–Crippen MR) is 161 cm³/mol. The topological polar surface area (TPSA) is 115 Å². The molecule has 1 aliphatic heterocycles. The molecule has 0 radical (unpaired) electrons. The van der Waals surface area contributed by atoms with Gasteiger partial charge in [-0.3, -0.25) is 14.8 Å². The molecule has 0 fully saturated rings. The monoisotopic (exact) mass is 720 g/mol. The van der Waals surface area contributed by atoms with E-state index in [9.17, 15) is 32.8 Å². The smallest absolute Gasteiger partial charge is 0.497 e. The first-order valence-electron chi connectivity index (χ1n) is 12.4. The van der Waals surface area contributed by atoms with Gasteiger partial charge in [-0.15, -0.1) is 13.2 Å². The number of benzene rings is 3. The molecule has 3 aromatic rings. The first-order chi connectivity index (χ1) is 20.1. The van der Waals surface area contributed by atoms with Crippen molar-refractivity contribution < 1.29 is 50.1 Å². The second-order valence-corrected chi connectivity index (χ2v) is 12.9. The van der Waals surface area contributed by atoms with Crippen molar-refractivity contribution in [2.45, 2.75) is 34.1 Å². The fourth-order valence-corrected chi connectivity index (χ4v) is 6.57. The Morgan fingerprint density at radius 3 is 1.84 bits per heavy atom. The molecule has 2 amide bonds. The normalized spacial score (nSPS) is 12.4. The minimum atomic E-state index is -4.94. The molecule has 0 atom stereocenters. The average Bonchev–Trinajstić information content (AvgIpc) is 3.23. The van der Waals surface area contributed by atoms with Crippen molar-refractivity contribution in [1.29, 1.82) is 0 Å². The van der Waals surface area contributed by atoms with Crippen LogP contribution in [0.5, 0.6) is 11.5 Å². The van der Waals surface area contributed by atoms with Gasteiger partial charge in [0.15, 0.2) is 0 Å². The second-order valence-electron chi connectivity index (χ2n) is 8.86. The zero-order chi connectivity index (χ0) is 32.5.